The maximum absolute atomic E-state index is 5.37. The van der Waals surface area contributed by atoms with Gasteiger partial charge in [0.1, 0.15) is 5.82 Å². The molecule has 2 saturated heterocycles. The van der Waals surface area contributed by atoms with E-state index in [-0.39, 0.29) is 0 Å². The van der Waals surface area contributed by atoms with Crippen molar-refractivity contribution in [3.8, 4) is 0 Å². The standard InChI is InChI=1S/C12H21N5O/c1-7-18-8-2-10(1)12-14-11(15-16-12)9-17-5-3-13-4-6-17/h10,13H,1-9H2,(H,14,15,16). The highest BCUT2D eigenvalue weighted by atomic mass is 16.5. The summed E-state index contributed by atoms with van der Waals surface area (Å²) in [4.78, 5) is 7.05. The van der Waals surface area contributed by atoms with Gasteiger partial charge in [0, 0.05) is 45.3 Å². The van der Waals surface area contributed by atoms with Gasteiger partial charge in [-0.2, -0.15) is 5.10 Å². The number of ether oxygens (including phenoxy) is 1. The molecule has 0 aliphatic carbocycles. The zero-order valence-electron chi connectivity index (χ0n) is 10.7. The van der Waals surface area contributed by atoms with Crippen LogP contribution in [0.25, 0.3) is 0 Å². The van der Waals surface area contributed by atoms with E-state index < -0.39 is 0 Å². The summed E-state index contributed by atoms with van der Waals surface area (Å²) in [6.45, 7) is 6.89. The van der Waals surface area contributed by atoms with E-state index in [2.05, 4.69) is 25.4 Å². The Hall–Kier alpha value is -0.980. The van der Waals surface area contributed by atoms with Gasteiger partial charge in [-0.25, -0.2) is 4.98 Å². The van der Waals surface area contributed by atoms with Crippen molar-refractivity contribution in [2.24, 2.45) is 0 Å². The highest BCUT2D eigenvalue weighted by Gasteiger charge is 2.20. The van der Waals surface area contributed by atoms with Gasteiger partial charge in [0.05, 0.1) is 6.54 Å². The molecular weight excluding hydrogens is 230 g/mol. The molecule has 2 N–H and O–H groups in total. The molecule has 0 unspecified atom stereocenters. The molecule has 0 amide bonds. The van der Waals surface area contributed by atoms with E-state index in [0.29, 0.717) is 5.92 Å². The summed E-state index contributed by atoms with van der Waals surface area (Å²) in [5.41, 5.74) is 0. The van der Waals surface area contributed by atoms with Crippen LogP contribution in [-0.2, 0) is 11.3 Å². The van der Waals surface area contributed by atoms with Crippen molar-refractivity contribution in [3.05, 3.63) is 11.6 Å². The highest BCUT2D eigenvalue weighted by Crippen LogP contribution is 2.23. The molecule has 1 aromatic heterocycles. The molecule has 3 rings (SSSR count). The van der Waals surface area contributed by atoms with Gasteiger partial charge in [0.2, 0.25) is 0 Å². The van der Waals surface area contributed by atoms with Crippen LogP contribution in [0.5, 0.6) is 0 Å². The molecule has 2 aliphatic heterocycles. The zero-order valence-corrected chi connectivity index (χ0v) is 10.7. The average Bonchev–Trinajstić information content (AvgIpc) is 2.89. The second-order valence-corrected chi connectivity index (χ2v) is 5.05. The molecule has 1 aromatic rings. The minimum atomic E-state index is 0.478. The second kappa shape index (κ2) is 5.77. The first-order chi connectivity index (χ1) is 8.92. The summed E-state index contributed by atoms with van der Waals surface area (Å²) in [6.07, 6.45) is 2.09. The molecule has 0 bridgehead atoms. The topological polar surface area (TPSA) is 66.1 Å². The van der Waals surface area contributed by atoms with Crippen molar-refractivity contribution in [2.75, 3.05) is 39.4 Å². The lowest BCUT2D eigenvalue weighted by Gasteiger charge is -2.25. The van der Waals surface area contributed by atoms with E-state index in [9.17, 15) is 0 Å². The number of nitrogens with zero attached hydrogens (tertiary/aromatic N) is 3. The third kappa shape index (κ3) is 2.88. The molecule has 6 nitrogen and oxygen atoms in total. The van der Waals surface area contributed by atoms with Crippen LogP contribution in [0.2, 0.25) is 0 Å². The smallest absolute Gasteiger partial charge is 0.154 e. The largest absolute Gasteiger partial charge is 0.381 e. The predicted octanol–water partition coefficient (Wildman–Crippen LogP) is 0.104. The minimum Gasteiger partial charge on any atom is -0.381 e. The monoisotopic (exact) mass is 251 g/mol. The van der Waals surface area contributed by atoms with Gasteiger partial charge >= 0.3 is 0 Å². The molecular formula is C12H21N5O. The van der Waals surface area contributed by atoms with Gasteiger partial charge in [-0.3, -0.25) is 10.00 Å². The Labute approximate surface area is 107 Å². The molecule has 2 fully saturated rings. The lowest BCUT2D eigenvalue weighted by atomic mass is 10.00. The fraction of sp³-hybridized carbons (Fsp3) is 0.833. The number of rotatable bonds is 3. The van der Waals surface area contributed by atoms with E-state index in [0.717, 1.165) is 70.4 Å². The van der Waals surface area contributed by atoms with Crippen LogP contribution < -0.4 is 5.32 Å². The highest BCUT2D eigenvalue weighted by molar-refractivity contribution is 4.99. The quantitative estimate of drug-likeness (QED) is 0.798. The molecule has 6 heteroatoms. The first-order valence-corrected chi connectivity index (χ1v) is 6.84. The van der Waals surface area contributed by atoms with Crippen LogP contribution in [-0.4, -0.2) is 59.5 Å². The van der Waals surface area contributed by atoms with Crippen LogP contribution in [0, 0.1) is 0 Å². The van der Waals surface area contributed by atoms with Gasteiger partial charge in [0.15, 0.2) is 5.82 Å². The molecule has 0 atom stereocenters. The SMILES string of the molecule is C1CN(Cc2nc(C3CCOCC3)n[nH]2)CCN1. The van der Waals surface area contributed by atoms with Crippen LogP contribution in [0.4, 0.5) is 0 Å². The van der Waals surface area contributed by atoms with E-state index in [1.807, 2.05) is 0 Å². The Kier molecular flexibility index (Phi) is 3.87. The Morgan fingerprint density at radius 1 is 1.22 bits per heavy atom. The van der Waals surface area contributed by atoms with Gasteiger partial charge in [-0.15, -0.1) is 0 Å². The maximum atomic E-state index is 5.37. The van der Waals surface area contributed by atoms with Gasteiger partial charge in [-0.1, -0.05) is 0 Å². The fourth-order valence-corrected chi connectivity index (χ4v) is 2.60. The van der Waals surface area contributed by atoms with Crippen molar-refractivity contribution >= 4 is 0 Å². The molecule has 0 radical (unpaired) electrons. The molecule has 0 saturated carbocycles. The van der Waals surface area contributed by atoms with Gasteiger partial charge < -0.3 is 10.1 Å². The van der Waals surface area contributed by atoms with E-state index in [1.54, 1.807) is 0 Å². The number of nitrogens with one attached hydrogen (secondary N) is 2. The number of hydrogen-bond acceptors (Lipinski definition) is 5. The maximum Gasteiger partial charge on any atom is 0.154 e. The van der Waals surface area contributed by atoms with Crippen molar-refractivity contribution in [3.63, 3.8) is 0 Å². The van der Waals surface area contributed by atoms with E-state index in [4.69, 9.17) is 4.74 Å². The number of piperazine rings is 1. The molecule has 18 heavy (non-hydrogen) atoms. The molecule has 0 spiro atoms. The molecule has 100 valence electrons. The molecule has 3 heterocycles. The average molecular weight is 251 g/mol. The normalized spacial score (nSPS) is 23.3. The molecule has 0 aromatic carbocycles. The number of aromatic amines is 1. The number of H-pyrrole nitrogens is 1. The van der Waals surface area contributed by atoms with E-state index in [1.165, 1.54) is 0 Å². The summed E-state index contributed by atoms with van der Waals surface area (Å²) >= 11 is 0. The zero-order chi connectivity index (χ0) is 12.2. The lowest BCUT2D eigenvalue weighted by molar-refractivity contribution is 0.0836. The van der Waals surface area contributed by atoms with Crippen LogP contribution in [0.1, 0.15) is 30.4 Å². The van der Waals surface area contributed by atoms with Gasteiger partial charge in [-0.05, 0) is 12.8 Å². The molecule has 2 aliphatic rings. The first kappa shape index (κ1) is 12.1. The Balaban J connectivity index is 1.58. The van der Waals surface area contributed by atoms with Crippen molar-refractivity contribution < 1.29 is 4.74 Å². The van der Waals surface area contributed by atoms with Crippen molar-refractivity contribution in [1.29, 1.82) is 0 Å². The second-order valence-electron chi connectivity index (χ2n) is 5.05. The lowest BCUT2D eigenvalue weighted by Crippen LogP contribution is -2.43. The third-order valence-corrected chi connectivity index (χ3v) is 3.72. The summed E-state index contributed by atoms with van der Waals surface area (Å²) in [5.74, 6) is 2.45. The van der Waals surface area contributed by atoms with E-state index >= 15 is 0 Å². The summed E-state index contributed by atoms with van der Waals surface area (Å²) in [7, 11) is 0. The first-order valence-electron chi connectivity index (χ1n) is 6.84. The minimum absolute atomic E-state index is 0.478. The third-order valence-electron chi connectivity index (χ3n) is 3.72. The fourth-order valence-electron chi connectivity index (χ4n) is 2.60. The van der Waals surface area contributed by atoms with Crippen molar-refractivity contribution in [1.82, 2.24) is 25.4 Å². The summed E-state index contributed by atoms with van der Waals surface area (Å²) in [6, 6.07) is 0. The van der Waals surface area contributed by atoms with Crippen molar-refractivity contribution in [2.45, 2.75) is 25.3 Å². The Morgan fingerprint density at radius 2 is 2.00 bits per heavy atom. The number of aromatic nitrogens is 3. The van der Waals surface area contributed by atoms with Gasteiger partial charge in [0.25, 0.3) is 0 Å². The summed E-state index contributed by atoms with van der Waals surface area (Å²) in [5, 5.41) is 10.8. The summed E-state index contributed by atoms with van der Waals surface area (Å²) < 4.78 is 5.37. The van der Waals surface area contributed by atoms with Crippen LogP contribution >= 0.6 is 0 Å². The predicted molar refractivity (Wildman–Crippen MR) is 67.3 cm³/mol. The Bertz CT molecular complexity index is 368. The number of hydrogen-bond donors (Lipinski definition) is 2. The van der Waals surface area contributed by atoms with Crippen LogP contribution in [0.3, 0.4) is 0 Å². The van der Waals surface area contributed by atoms with Crippen LogP contribution in [0.15, 0.2) is 0 Å². The Morgan fingerprint density at radius 3 is 2.78 bits per heavy atom.